The minimum Gasteiger partial charge on any atom is -0.454 e. The molecular formula is C16H24N2O5. The Hall–Kier alpha value is -1.99. The number of hydrogen-bond acceptors (Lipinski definition) is 6. The van der Waals surface area contributed by atoms with Gasteiger partial charge in [-0.1, -0.05) is 6.07 Å². The molecule has 7 heteroatoms. The molecule has 0 spiro atoms. The molecule has 0 aromatic heterocycles. The number of aliphatic hydroxyl groups excluding tert-OH is 1. The lowest BCUT2D eigenvalue weighted by molar-refractivity contribution is 0.0634. The highest BCUT2D eigenvalue weighted by Crippen LogP contribution is 2.42. The second-order valence-corrected chi connectivity index (χ2v) is 6.42. The number of aliphatic hydroxyl groups is 1. The lowest BCUT2D eigenvalue weighted by Gasteiger charge is -2.22. The molecule has 0 saturated heterocycles. The Bertz CT molecular complexity index is 568. The number of anilines is 1. The van der Waals surface area contributed by atoms with Crippen LogP contribution in [-0.4, -0.2) is 48.7 Å². The van der Waals surface area contributed by atoms with Gasteiger partial charge < -0.3 is 19.3 Å². The minimum atomic E-state index is -0.590. The number of fused-ring (bicyclic) bond motifs is 1. The zero-order valence-corrected chi connectivity index (χ0v) is 14.0. The molecule has 1 heterocycles. The number of benzene rings is 1. The summed E-state index contributed by atoms with van der Waals surface area (Å²) in [5.41, 5.74) is 0.808. The van der Waals surface area contributed by atoms with E-state index in [0.29, 0.717) is 30.3 Å². The monoisotopic (exact) mass is 324 g/mol. The van der Waals surface area contributed by atoms with E-state index in [0.717, 1.165) is 5.56 Å². The zero-order chi connectivity index (χ0) is 17.0. The maximum atomic E-state index is 12.1. The SMILES string of the molecule is CN(CCO)Cc1ccc2c(c1NC(=O)OC(C)(C)C)OCO2. The van der Waals surface area contributed by atoms with Crippen LogP contribution in [-0.2, 0) is 11.3 Å². The Morgan fingerprint density at radius 1 is 1.39 bits per heavy atom. The van der Waals surface area contributed by atoms with E-state index < -0.39 is 11.7 Å². The van der Waals surface area contributed by atoms with Gasteiger partial charge in [0.2, 0.25) is 6.79 Å². The van der Waals surface area contributed by atoms with Gasteiger partial charge in [0.15, 0.2) is 11.5 Å². The summed E-state index contributed by atoms with van der Waals surface area (Å²) in [5, 5.41) is 11.8. The summed E-state index contributed by atoms with van der Waals surface area (Å²) in [6, 6.07) is 3.68. The number of amides is 1. The molecule has 1 aromatic rings. The highest BCUT2D eigenvalue weighted by atomic mass is 16.7. The predicted molar refractivity (Wildman–Crippen MR) is 85.8 cm³/mol. The Morgan fingerprint density at radius 2 is 2.13 bits per heavy atom. The molecule has 1 aromatic carbocycles. The van der Waals surface area contributed by atoms with Crippen LogP contribution >= 0.6 is 0 Å². The van der Waals surface area contributed by atoms with Crippen LogP contribution in [0.3, 0.4) is 0 Å². The van der Waals surface area contributed by atoms with E-state index in [1.807, 2.05) is 24.1 Å². The average molecular weight is 324 g/mol. The third kappa shape index (κ3) is 4.74. The molecule has 7 nitrogen and oxygen atoms in total. The number of nitrogens with zero attached hydrogens (tertiary/aromatic N) is 1. The molecule has 23 heavy (non-hydrogen) atoms. The number of nitrogens with one attached hydrogen (secondary N) is 1. The van der Waals surface area contributed by atoms with Crippen LogP contribution in [0.25, 0.3) is 0 Å². The first kappa shape index (κ1) is 17.4. The predicted octanol–water partition coefficient (Wildman–Crippen LogP) is 2.19. The summed E-state index contributed by atoms with van der Waals surface area (Å²) in [4.78, 5) is 14.1. The van der Waals surface area contributed by atoms with Crippen LogP contribution in [0, 0.1) is 0 Å². The quantitative estimate of drug-likeness (QED) is 0.864. The normalized spacial score (nSPS) is 13.3. The van der Waals surface area contributed by atoms with Crippen molar-refractivity contribution in [1.29, 1.82) is 0 Å². The second-order valence-electron chi connectivity index (χ2n) is 6.42. The number of ether oxygens (including phenoxy) is 3. The van der Waals surface area contributed by atoms with Crippen LogP contribution in [0.1, 0.15) is 26.3 Å². The van der Waals surface area contributed by atoms with Crippen LogP contribution in [0.15, 0.2) is 12.1 Å². The van der Waals surface area contributed by atoms with Crippen molar-refractivity contribution in [3.63, 3.8) is 0 Å². The highest BCUT2D eigenvalue weighted by molar-refractivity contribution is 5.89. The van der Waals surface area contributed by atoms with Crippen LogP contribution in [0.2, 0.25) is 0 Å². The van der Waals surface area contributed by atoms with Gasteiger partial charge in [-0.15, -0.1) is 0 Å². The van der Waals surface area contributed by atoms with Gasteiger partial charge in [0.25, 0.3) is 0 Å². The fraction of sp³-hybridized carbons (Fsp3) is 0.562. The van der Waals surface area contributed by atoms with Crippen LogP contribution in [0.5, 0.6) is 11.5 Å². The number of hydrogen-bond donors (Lipinski definition) is 2. The summed E-state index contributed by atoms with van der Waals surface area (Å²) < 4.78 is 16.2. The third-order valence-corrected chi connectivity index (χ3v) is 3.17. The fourth-order valence-corrected chi connectivity index (χ4v) is 2.23. The Kier molecular flexibility index (Phi) is 5.33. The van der Waals surface area contributed by atoms with E-state index in [1.54, 1.807) is 20.8 Å². The molecule has 1 aliphatic rings. The first-order chi connectivity index (χ1) is 10.8. The van der Waals surface area contributed by atoms with E-state index in [1.165, 1.54) is 0 Å². The molecule has 2 N–H and O–H groups in total. The Morgan fingerprint density at radius 3 is 2.78 bits per heavy atom. The third-order valence-electron chi connectivity index (χ3n) is 3.17. The van der Waals surface area contributed by atoms with Gasteiger partial charge in [-0.2, -0.15) is 0 Å². The van der Waals surface area contributed by atoms with Gasteiger partial charge in [0.1, 0.15) is 5.60 Å². The summed E-state index contributed by atoms with van der Waals surface area (Å²) >= 11 is 0. The summed E-state index contributed by atoms with van der Waals surface area (Å²) in [6.07, 6.45) is -0.549. The maximum absolute atomic E-state index is 12.1. The van der Waals surface area contributed by atoms with Gasteiger partial charge in [-0.05, 0) is 39.4 Å². The van der Waals surface area contributed by atoms with Crippen molar-refractivity contribution in [2.75, 3.05) is 32.3 Å². The van der Waals surface area contributed by atoms with Crippen molar-refractivity contribution in [1.82, 2.24) is 4.90 Å². The highest BCUT2D eigenvalue weighted by Gasteiger charge is 2.25. The molecule has 0 aliphatic carbocycles. The van der Waals surface area contributed by atoms with Gasteiger partial charge in [0, 0.05) is 13.1 Å². The lowest BCUT2D eigenvalue weighted by Crippen LogP contribution is -2.28. The topological polar surface area (TPSA) is 80.3 Å². The molecule has 128 valence electrons. The van der Waals surface area contributed by atoms with E-state index in [9.17, 15) is 4.79 Å². The van der Waals surface area contributed by atoms with Crippen LogP contribution < -0.4 is 14.8 Å². The first-order valence-corrected chi connectivity index (χ1v) is 7.51. The molecule has 0 fully saturated rings. The average Bonchev–Trinajstić information content (AvgIpc) is 2.88. The standard InChI is InChI=1S/C16H24N2O5/c1-16(2,3)23-15(20)17-13-11(9-18(4)7-8-19)5-6-12-14(13)22-10-21-12/h5-6,19H,7-10H2,1-4H3,(H,17,20). The molecule has 0 radical (unpaired) electrons. The van der Waals surface area contributed by atoms with E-state index in [-0.39, 0.29) is 13.4 Å². The summed E-state index contributed by atoms with van der Waals surface area (Å²) in [5.74, 6) is 1.09. The van der Waals surface area contributed by atoms with Gasteiger partial charge in [0.05, 0.1) is 12.3 Å². The maximum Gasteiger partial charge on any atom is 0.412 e. The van der Waals surface area contributed by atoms with E-state index in [4.69, 9.17) is 19.3 Å². The van der Waals surface area contributed by atoms with Crippen molar-refractivity contribution in [3.8, 4) is 11.5 Å². The van der Waals surface area contributed by atoms with Crippen molar-refractivity contribution < 1.29 is 24.1 Å². The van der Waals surface area contributed by atoms with E-state index >= 15 is 0 Å². The second kappa shape index (κ2) is 7.06. The largest absolute Gasteiger partial charge is 0.454 e. The number of rotatable bonds is 5. The lowest BCUT2D eigenvalue weighted by atomic mass is 10.1. The fourth-order valence-electron chi connectivity index (χ4n) is 2.23. The smallest absolute Gasteiger partial charge is 0.412 e. The number of carbonyl (C=O) groups excluding carboxylic acids is 1. The van der Waals surface area contributed by atoms with Gasteiger partial charge >= 0.3 is 6.09 Å². The molecule has 0 atom stereocenters. The van der Waals surface area contributed by atoms with Crippen molar-refractivity contribution >= 4 is 11.8 Å². The Balaban J connectivity index is 2.24. The van der Waals surface area contributed by atoms with Gasteiger partial charge in [-0.25, -0.2) is 4.79 Å². The van der Waals surface area contributed by atoms with Crippen LogP contribution in [0.4, 0.5) is 10.5 Å². The van der Waals surface area contributed by atoms with E-state index in [2.05, 4.69) is 5.32 Å². The summed E-state index contributed by atoms with van der Waals surface area (Å²) in [6.45, 7) is 6.67. The van der Waals surface area contributed by atoms with Gasteiger partial charge in [-0.3, -0.25) is 10.2 Å². The van der Waals surface area contributed by atoms with Crippen molar-refractivity contribution in [3.05, 3.63) is 17.7 Å². The Labute approximate surface area is 136 Å². The molecule has 0 bridgehead atoms. The molecular weight excluding hydrogens is 300 g/mol. The first-order valence-electron chi connectivity index (χ1n) is 7.51. The molecule has 0 saturated carbocycles. The molecule has 1 aliphatic heterocycles. The van der Waals surface area contributed by atoms with Crippen molar-refractivity contribution in [2.24, 2.45) is 0 Å². The summed E-state index contributed by atoms with van der Waals surface area (Å²) in [7, 11) is 1.89. The molecule has 1 amide bonds. The number of likely N-dealkylation sites (N-methyl/N-ethyl adjacent to an activating group) is 1. The minimum absolute atomic E-state index is 0.0654. The molecule has 0 unspecified atom stereocenters. The number of carbonyl (C=O) groups is 1. The zero-order valence-electron chi connectivity index (χ0n) is 14.0. The van der Waals surface area contributed by atoms with Crippen molar-refractivity contribution in [2.45, 2.75) is 32.9 Å². The molecule has 2 rings (SSSR count).